The van der Waals surface area contributed by atoms with Gasteiger partial charge in [-0.1, -0.05) is 140 Å². The molecular formula is C45H28N4O. The highest BCUT2D eigenvalue weighted by atomic mass is 16.3. The highest BCUT2D eigenvalue weighted by Crippen LogP contribution is 2.42. The first-order valence-corrected chi connectivity index (χ1v) is 16.7. The highest BCUT2D eigenvalue weighted by molar-refractivity contribution is 6.15. The van der Waals surface area contributed by atoms with Gasteiger partial charge in [0.2, 0.25) is 0 Å². The van der Waals surface area contributed by atoms with Crippen molar-refractivity contribution in [2.45, 2.75) is 0 Å². The number of rotatable bonds is 5. The van der Waals surface area contributed by atoms with Crippen molar-refractivity contribution in [3.8, 4) is 51.0 Å². The molecule has 0 radical (unpaired) electrons. The zero-order valence-electron chi connectivity index (χ0n) is 26.9. The van der Waals surface area contributed by atoms with Crippen molar-refractivity contribution < 1.29 is 4.42 Å². The van der Waals surface area contributed by atoms with Gasteiger partial charge in [-0.15, -0.1) is 0 Å². The smallest absolute Gasteiger partial charge is 0.164 e. The number of furan rings is 1. The van der Waals surface area contributed by atoms with Gasteiger partial charge in [0.1, 0.15) is 5.58 Å². The maximum atomic E-state index is 6.99. The molecule has 0 aliphatic heterocycles. The molecular weight excluding hydrogens is 613 g/mol. The van der Waals surface area contributed by atoms with E-state index in [1.165, 1.54) is 10.8 Å². The average Bonchev–Trinajstić information content (AvgIpc) is 3.74. The summed E-state index contributed by atoms with van der Waals surface area (Å²) < 4.78 is 9.32. The van der Waals surface area contributed by atoms with Crippen molar-refractivity contribution in [3.05, 3.63) is 170 Å². The Kier molecular flexibility index (Phi) is 6.42. The van der Waals surface area contributed by atoms with Crippen molar-refractivity contribution in [2.75, 3.05) is 0 Å². The molecule has 0 spiro atoms. The molecule has 0 atom stereocenters. The van der Waals surface area contributed by atoms with Crippen LogP contribution in [0.15, 0.2) is 174 Å². The van der Waals surface area contributed by atoms with Crippen LogP contribution < -0.4 is 0 Å². The molecule has 0 N–H and O–H groups in total. The Morgan fingerprint density at radius 1 is 0.360 bits per heavy atom. The van der Waals surface area contributed by atoms with Gasteiger partial charge in [-0.05, 0) is 35.9 Å². The van der Waals surface area contributed by atoms with Crippen LogP contribution in [0.2, 0.25) is 0 Å². The van der Waals surface area contributed by atoms with Crippen LogP contribution >= 0.6 is 0 Å². The monoisotopic (exact) mass is 640 g/mol. The topological polar surface area (TPSA) is 56.7 Å². The summed E-state index contributed by atoms with van der Waals surface area (Å²) in [5.74, 6) is 1.85. The van der Waals surface area contributed by atoms with Crippen molar-refractivity contribution in [1.29, 1.82) is 0 Å². The molecule has 10 aromatic rings. The Morgan fingerprint density at radius 2 is 0.840 bits per heavy atom. The summed E-state index contributed by atoms with van der Waals surface area (Å²) in [7, 11) is 0. The lowest BCUT2D eigenvalue weighted by molar-refractivity contribution is 0.667. The largest absolute Gasteiger partial charge is 0.453 e. The van der Waals surface area contributed by atoms with Crippen molar-refractivity contribution in [1.82, 2.24) is 19.5 Å². The van der Waals surface area contributed by atoms with Gasteiger partial charge < -0.3 is 8.98 Å². The van der Waals surface area contributed by atoms with Gasteiger partial charge in [-0.2, -0.15) is 0 Å². The van der Waals surface area contributed by atoms with Crippen LogP contribution in [0.5, 0.6) is 0 Å². The quantitative estimate of drug-likeness (QED) is 0.188. The predicted molar refractivity (Wildman–Crippen MR) is 203 cm³/mol. The molecule has 0 amide bonds. The standard InChI is InChI=1S/C45H28N4O/c1-4-15-29(16-5-1)36-27-32(45-47-43(30-17-6-2-7-18-30)46-44(48-45)31-19-8-3-9-20-31)28-37-35-23-14-26-40(42(35)50-41(36)37)49-38-24-12-10-21-33(38)34-22-11-13-25-39(34)49/h1-28H. The molecule has 50 heavy (non-hydrogen) atoms. The second-order valence-electron chi connectivity index (χ2n) is 12.4. The number of para-hydroxylation sites is 3. The molecule has 0 saturated carbocycles. The number of hydrogen-bond donors (Lipinski definition) is 0. The zero-order chi connectivity index (χ0) is 33.0. The molecule has 0 unspecified atom stereocenters. The summed E-state index contributed by atoms with van der Waals surface area (Å²) in [4.78, 5) is 15.1. The molecule has 0 saturated heterocycles. The predicted octanol–water partition coefficient (Wildman–Crippen LogP) is 11.5. The first kappa shape index (κ1) is 28.2. The minimum absolute atomic E-state index is 0.602. The lowest BCUT2D eigenvalue weighted by atomic mass is 9.98. The van der Waals surface area contributed by atoms with Crippen LogP contribution in [0.25, 0.3) is 94.7 Å². The normalized spacial score (nSPS) is 11.6. The molecule has 234 valence electrons. The third kappa shape index (κ3) is 4.52. The van der Waals surface area contributed by atoms with Crippen LogP contribution in [0, 0.1) is 0 Å². The van der Waals surface area contributed by atoms with Gasteiger partial charge in [0, 0.05) is 43.8 Å². The van der Waals surface area contributed by atoms with Gasteiger partial charge in [0.05, 0.1) is 16.7 Å². The van der Waals surface area contributed by atoms with E-state index in [9.17, 15) is 0 Å². The van der Waals surface area contributed by atoms with Crippen molar-refractivity contribution in [3.63, 3.8) is 0 Å². The van der Waals surface area contributed by atoms with E-state index in [-0.39, 0.29) is 0 Å². The van der Waals surface area contributed by atoms with Gasteiger partial charge >= 0.3 is 0 Å². The van der Waals surface area contributed by atoms with Crippen LogP contribution in [0.1, 0.15) is 0 Å². The summed E-state index contributed by atoms with van der Waals surface area (Å²) in [6.45, 7) is 0. The maximum absolute atomic E-state index is 6.99. The lowest BCUT2D eigenvalue weighted by Crippen LogP contribution is -2.00. The van der Waals surface area contributed by atoms with Crippen LogP contribution in [0.4, 0.5) is 0 Å². The average molecular weight is 641 g/mol. The van der Waals surface area contributed by atoms with Gasteiger partial charge in [0.15, 0.2) is 23.1 Å². The minimum atomic E-state index is 0.602. The summed E-state index contributed by atoms with van der Waals surface area (Å²) in [5, 5.41) is 4.45. The van der Waals surface area contributed by atoms with Crippen LogP contribution in [-0.2, 0) is 0 Å². The minimum Gasteiger partial charge on any atom is -0.453 e. The lowest BCUT2D eigenvalue weighted by Gasteiger charge is -2.10. The third-order valence-corrected chi connectivity index (χ3v) is 9.44. The van der Waals surface area contributed by atoms with Crippen LogP contribution in [0.3, 0.4) is 0 Å². The molecule has 0 fully saturated rings. The number of nitrogens with zero attached hydrogens (tertiary/aromatic N) is 4. The van der Waals surface area contributed by atoms with Gasteiger partial charge in [0.25, 0.3) is 0 Å². The Labute approximate surface area is 287 Å². The molecule has 3 aromatic heterocycles. The molecule has 10 rings (SSSR count). The number of benzene rings is 7. The zero-order valence-corrected chi connectivity index (χ0v) is 26.9. The fourth-order valence-electron chi connectivity index (χ4n) is 7.14. The van der Waals surface area contributed by atoms with Crippen molar-refractivity contribution >= 4 is 43.7 Å². The summed E-state index contributed by atoms with van der Waals surface area (Å²) >= 11 is 0. The summed E-state index contributed by atoms with van der Waals surface area (Å²) in [5.41, 5.74) is 9.70. The molecule has 5 nitrogen and oxygen atoms in total. The highest BCUT2D eigenvalue weighted by Gasteiger charge is 2.21. The number of aromatic nitrogens is 4. The molecule has 0 aliphatic carbocycles. The third-order valence-electron chi connectivity index (χ3n) is 9.44. The van der Waals surface area contributed by atoms with E-state index >= 15 is 0 Å². The first-order valence-electron chi connectivity index (χ1n) is 16.7. The number of hydrogen-bond acceptors (Lipinski definition) is 4. The van der Waals surface area contributed by atoms with E-state index in [1.54, 1.807) is 0 Å². The fraction of sp³-hybridized carbons (Fsp3) is 0. The van der Waals surface area contributed by atoms with E-state index in [2.05, 4.69) is 108 Å². The summed E-state index contributed by atoms with van der Waals surface area (Å²) in [6, 6.07) is 58.4. The fourth-order valence-corrected chi connectivity index (χ4v) is 7.14. The molecule has 3 heterocycles. The first-order chi connectivity index (χ1) is 24.8. The molecule has 0 aliphatic rings. The molecule has 5 heteroatoms. The molecule has 0 bridgehead atoms. The van der Waals surface area contributed by atoms with E-state index < -0.39 is 0 Å². The Hall–Kier alpha value is -6.85. The Bertz CT molecular complexity index is 2750. The maximum Gasteiger partial charge on any atom is 0.164 e. The van der Waals surface area contributed by atoms with E-state index in [1.807, 2.05) is 66.7 Å². The molecule has 7 aromatic carbocycles. The van der Waals surface area contributed by atoms with E-state index in [0.29, 0.717) is 17.5 Å². The summed E-state index contributed by atoms with van der Waals surface area (Å²) in [6.07, 6.45) is 0. The second kappa shape index (κ2) is 11.4. The number of fused-ring (bicyclic) bond motifs is 6. The Morgan fingerprint density at radius 3 is 1.42 bits per heavy atom. The SMILES string of the molecule is c1ccc(-c2nc(-c3ccccc3)nc(-c3cc(-c4ccccc4)c4oc5c(-n6c7ccccc7c7ccccc76)cccc5c4c3)n2)cc1. The van der Waals surface area contributed by atoms with Gasteiger partial charge in [-0.25, -0.2) is 15.0 Å². The Balaban J connectivity index is 1.27. The van der Waals surface area contributed by atoms with E-state index in [4.69, 9.17) is 19.4 Å². The second-order valence-corrected chi connectivity index (χ2v) is 12.4. The van der Waals surface area contributed by atoms with Crippen LogP contribution in [-0.4, -0.2) is 19.5 Å². The van der Waals surface area contributed by atoms with E-state index in [0.717, 1.165) is 66.5 Å². The van der Waals surface area contributed by atoms with Crippen molar-refractivity contribution in [2.24, 2.45) is 0 Å². The van der Waals surface area contributed by atoms with Gasteiger partial charge in [-0.3, -0.25) is 0 Å².